The van der Waals surface area contributed by atoms with Crippen molar-refractivity contribution in [1.82, 2.24) is 0 Å². The molecule has 8 heteroatoms. The third-order valence-electron chi connectivity index (χ3n) is 2.55. The van der Waals surface area contributed by atoms with Gasteiger partial charge >= 0.3 is 10.6 Å². The van der Waals surface area contributed by atoms with Gasteiger partial charge in [0.25, 0.3) is 0 Å². The Morgan fingerprint density at radius 2 is 1.84 bits per heavy atom. The van der Waals surface area contributed by atoms with Crippen LogP contribution in [-0.4, -0.2) is 40.3 Å². The predicted octanol–water partition coefficient (Wildman–Crippen LogP) is 3.54. The molecule has 0 aromatic heterocycles. The lowest BCUT2D eigenvalue weighted by Crippen LogP contribution is -2.25. The molecule has 0 aromatic rings. The summed E-state index contributed by atoms with van der Waals surface area (Å²) in [4.78, 5) is 22.4. The molecule has 0 aromatic carbocycles. The predicted molar refractivity (Wildman–Crippen MR) is 84.7 cm³/mol. The number of halogens is 1. The van der Waals surface area contributed by atoms with Crippen LogP contribution in [0.25, 0.3) is 0 Å². The highest BCUT2D eigenvalue weighted by Gasteiger charge is 2.22. The Labute approximate surface area is 132 Å². The average molecular weight is 418 g/mol. The third-order valence-corrected chi connectivity index (χ3v) is 4.28. The summed E-state index contributed by atoms with van der Waals surface area (Å²) in [5.74, 6) is 0. The minimum absolute atomic E-state index is 0.360. The van der Waals surface area contributed by atoms with Crippen LogP contribution in [0, 0.1) is 0 Å². The number of hydrogen-bond acceptors (Lipinski definition) is 7. The Morgan fingerprint density at radius 1 is 1.21 bits per heavy atom. The van der Waals surface area contributed by atoms with Gasteiger partial charge in [0.2, 0.25) is 0 Å². The van der Waals surface area contributed by atoms with Gasteiger partial charge in [0, 0.05) is 36.6 Å². The Kier molecular flexibility index (Phi) is 8.19. The standard InChI is InChI=1S/C11H15IO5S2/c1-18-10(14)16-8-3-2-7(13)6-9(5-4-8)17-11(15)19-12/h4-5,7-9,13H,2-3,6H2,1H3/b5-4+. The van der Waals surface area contributed by atoms with E-state index < -0.39 is 17.5 Å². The zero-order chi connectivity index (χ0) is 14.3. The topological polar surface area (TPSA) is 72.8 Å². The second kappa shape index (κ2) is 9.09. The molecule has 5 nitrogen and oxygen atoms in total. The van der Waals surface area contributed by atoms with E-state index in [1.807, 2.05) is 21.2 Å². The van der Waals surface area contributed by atoms with Crippen molar-refractivity contribution in [2.45, 2.75) is 37.6 Å². The summed E-state index contributed by atoms with van der Waals surface area (Å²) in [6, 6.07) is 0. The largest absolute Gasteiger partial charge is 0.450 e. The minimum atomic E-state index is -0.572. The fourth-order valence-corrected chi connectivity index (χ4v) is 2.36. The SMILES string of the molecule is CSC(=O)OC1/C=C/C(OC(=O)SI)CC(O)CC1. The van der Waals surface area contributed by atoms with Gasteiger partial charge in [-0.15, -0.1) is 0 Å². The summed E-state index contributed by atoms with van der Waals surface area (Å²) in [5.41, 5.74) is 0. The molecule has 0 saturated carbocycles. The van der Waals surface area contributed by atoms with Crippen molar-refractivity contribution in [3.05, 3.63) is 12.2 Å². The number of hydrogen-bond donors (Lipinski definition) is 1. The second-order valence-corrected chi connectivity index (χ2v) is 6.50. The lowest BCUT2D eigenvalue weighted by Gasteiger charge is -2.23. The smallest absolute Gasteiger partial charge is 0.378 e. The van der Waals surface area contributed by atoms with Gasteiger partial charge in [0.05, 0.1) is 6.10 Å². The van der Waals surface area contributed by atoms with Gasteiger partial charge in [-0.25, -0.2) is 9.59 Å². The number of carbonyl (C=O) groups is 2. The van der Waals surface area contributed by atoms with Crippen molar-refractivity contribution in [2.75, 3.05) is 6.26 Å². The molecule has 0 saturated heterocycles. The zero-order valence-electron chi connectivity index (χ0n) is 10.3. The monoisotopic (exact) mass is 418 g/mol. The molecule has 0 bridgehead atoms. The number of ether oxygens (including phenoxy) is 2. The summed E-state index contributed by atoms with van der Waals surface area (Å²) in [6.07, 6.45) is 5.02. The van der Waals surface area contributed by atoms with Crippen LogP contribution in [0.3, 0.4) is 0 Å². The Bertz CT molecular complexity index is 350. The van der Waals surface area contributed by atoms with Crippen LogP contribution in [-0.2, 0) is 9.47 Å². The molecule has 1 N–H and O–H groups in total. The van der Waals surface area contributed by atoms with Crippen LogP contribution in [0.15, 0.2) is 12.2 Å². The number of aliphatic hydroxyl groups excluding tert-OH is 1. The molecule has 19 heavy (non-hydrogen) atoms. The molecule has 0 spiro atoms. The molecule has 0 radical (unpaired) electrons. The van der Waals surface area contributed by atoms with Gasteiger partial charge in [0.1, 0.15) is 12.2 Å². The Hall–Kier alpha value is 0.0700. The number of rotatable bonds is 2. The highest BCUT2D eigenvalue weighted by atomic mass is 127. The van der Waals surface area contributed by atoms with Crippen LogP contribution in [0.2, 0.25) is 0 Å². The normalized spacial score (nSPS) is 28.9. The van der Waals surface area contributed by atoms with E-state index in [9.17, 15) is 14.7 Å². The molecular weight excluding hydrogens is 403 g/mol. The summed E-state index contributed by atoms with van der Waals surface area (Å²) in [7, 11) is 0.951. The highest BCUT2D eigenvalue weighted by molar-refractivity contribution is 14.2. The van der Waals surface area contributed by atoms with E-state index in [1.165, 1.54) is 0 Å². The molecule has 1 aliphatic rings. The van der Waals surface area contributed by atoms with Gasteiger partial charge in [-0.05, 0) is 43.0 Å². The number of thioether (sulfide) groups is 1. The molecule has 0 heterocycles. The molecule has 0 aliphatic heterocycles. The van der Waals surface area contributed by atoms with E-state index in [4.69, 9.17) is 9.47 Å². The maximum absolute atomic E-state index is 11.2. The van der Waals surface area contributed by atoms with E-state index >= 15 is 0 Å². The van der Waals surface area contributed by atoms with Gasteiger partial charge in [0.15, 0.2) is 0 Å². The third kappa shape index (κ3) is 6.87. The molecular formula is C11H15IO5S2. The second-order valence-electron chi connectivity index (χ2n) is 3.95. The van der Waals surface area contributed by atoms with Crippen LogP contribution in [0.4, 0.5) is 9.59 Å². The Balaban J connectivity index is 2.64. The first-order valence-corrected chi connectivity index (χ1v) is 10.2. The number of carbonyl (C=O) groups excluding carboxylic acids is 2. The summed E-state index contributed by atoms with van der Waals surface area (Å²) in [5, 5.41) is 9.04. The average Bonchev–Trinajstić information content (AvgIpc) is 2.39. The van der Waals surface area contributed by atoms with Gasteiger partial charge in [-0.3, -0.25) is 0 Å². The first-order valence-electron chi connectivity index (χ1n) is 5.65. The molecule has 3 atom stereocenters. The minimum Gasteiger partial charge on any atom is -0.450 e. The van der Waals surface area contributed by atoms with Crippen LogP contribution >= 0.6 is 41.9 Å². The van der Waals surface area contributed by atoms with Crippen LogP contribution in [0.1, 0.15) is 19.3 Å². The van der Waals surface area contributed by atoms with E-state index in [-0.39, 0.29) is 11.4 Å². The lowest BCUT2D eigenvalue weighted by atomic mass is 10.00. The van der Waals surface area contributed by atoms with E-state index in [0.717, 1.165) is 20.7 Å². The van der Waals surface area contributed by atoms with Crippen molar-refractivity contribution in [1.29, 1.82) is 0 Å². The maximum atomic E-state index is 11.2. The van der Waals surface area contributed by atoms with Crippen molar-refractivity contribution < 1.29 is 24.2 Å². The van der Waals surface area contributed by atoms with Crippen molar-refractivity contribution in [2.24, 2.45) is 0 Å². The van der Waals surface area contributed by atoms with Crippen molar-refractivity contribution in [3.8, 4) is 0 Å². The molecule has 108 valence electrons. The molecule has 0 fully saturated rings. The fourth-order valence-electron chi connectivity index (χ4n) is 1.66. The van der Waals surface area contributed by atoms with E-state index in [2.05, 4.69) is 0 Å². The highest BCUT2D eigenvalue weighted by Crippen LogP contribution is 2.22. The quantitative estimate of drug-likeness (QED) is 0.418. The molecule has 3 unspecified atom stereocenters. The first kappa shape index (κ1) is 17.1. The number of aliphatic hydroxyl groups is 1. The van der Waals surface area contributed by atoms with E-state index in [1.54, 1.807) is 18.4 Å². The van der Waals surface area contributed by atoms with Gasteiger partial charge in [-0.1, -0.05) is 0 Å². The van der Waals surface area contributed by atoms with Gasteiger partial charge in [-0.2, -0.15) is 0 Å². The van der Waals surface area contributed by atoms with Gasteiger partial charge < -0.3 is 14.6 Å². The van der Waals surface area contributed by atoms with Crippen LogP contribution < -0.4 is 0 Å². The molecule has 1 rings (SSSR count). The lowest BCUT2D eigenvalue weighted by molar-refractivity contribution is 0.0667. The zero-order valence-corrected chi connectivity index (χ0v) is 14.1. The van der Waals surface area contributed by atoms with Crippen LogP contribution in [0.5, 0.6) is 0 Å². The Morgan fingerprint density at radius 3 is 2.47 bits per heavy atom. The van der Waals surface area contributed by atoms with Crippen molar-refractivity contribution >= 4 is 52.5 Å². The fraction of sp³-hybridized carbons (Fsp3) is 0.636. The summed E-state index contributed by atoms with van der Waals surface area (Å²) >= 11 is 2.84. The molecule has 0 amide bonds. The van der Waals surface area contributed by atoms with Crippen molar-refractivity contribution in [3.63, 3.8) is 0 Å². The maximum Gasteiger partial charge on any atom is 0.378 e. The first-order chi connectivity index (χ1) is 9.05. The summed E-state index contributed by atoms with van der Waals surface area (Å²) in [6.45, 7) is 0. The van der Waals surface area contributed by atoms with E-state index in [0.29, 0.717) is 19.3 Å². The molecule has 1 aliphatic carbocycles. The summed E-state index contributed by atoms with van der Waals surface area (Å²) < 4.78 is 10.3.